The van der Waals surface area contributed by atoms with Gasteiger partial charge in [-0.2, -0.15) is 0 Å². The Morgan fingerprint density at radius 3 is 1.90 bits per heavy atom. The molecule has 1 spiro atoms. The van der Waals surface area contributed by atoms with E-state index in [4.69, 9.17) is 14.7 Å². The maximum atomic E-state index is 13.9. The normalized spacial score (nSPS) is 20.6. The Kier molecular flexibility index (Phi) is 10.9. The van der Waals surface area contributed by atoms with Gasteiger partial charge in [0, 0.05) is 24.6 Å². The highest BCUT2D eigenvalue weighted by Crippen LogP contribution is 2.55. The summed E-state index contributed by atoms with van der Waals surface area (Å²) in [7, 11) is 1.31. The lowest BCUT2D eigenvalue weighted by Crippen LogP contribution is -2.51. The summed E-state index contributed by atoms with van der Waals surface area (Å²) >= 11 is 0. The van der Waals surface area contributed by atoms with Crippen LogP contribution in [0.5, 0.6) is 0 Å². The zero-order valence-corrected chi connectivity index (χ0v) is 35.8. The van der Waals surface area contributed by atoms with E-state index >= 15 is 0 Å². The molecule has 4 atom stereocenters. The van der Waals surface area contributed by atoms with Crippen molar-refractivity contribution in [2.75, 3.05) is 20.2 Å². The number of alkyl carbamates (subject to hydrolysis) is 1. The number of H-pyrrole nitrogens is 2. The first-order valence-corrected chi connectivity index (χ1v) is 21.5. The molecule has 2 aromatic heterocycles. The molecule has 1 fully saturated rings. The molecule has 2 aliphatic heterocycles. The third-order valence-corrected chi connectivity index (χ3v) is 13.5. The van der Waals surface area contributed by atoms with Crippen LogP contribution in [0.25, 0.3) is 33.6 Å². The monoisotopic (exact) mass is 797 g/mol. The Labute approximate surface area is 348 Å². The Morgan fingerprint density at radius 1 is 0.746 bits per heavy atom. The standard InChI is InChI=1S/C48H59N7O4/c1-27(2)31(7)45(56)54-25-29(5)21-39(54)43-49-23-37(51-43)33-13-11-32(12-14-33)34-15-16-35(36-17-20-48(41(34)36)18-9-10-19-48)38-24-50-44(52-38)40-22-30(6)26-55(40)46(57)42(28(3)4)53-47(58)59-8/h11-16,21-24,27-28,31,39-40,42H,9-10,17-20,25-26H2,1-8H3,(H,49,51)(H,50,52)(H,53,58)/t31-,39-,40-,42-/m0/s1. The molecule has 310 valence electrons. The quantitative estimate of drug-likeness (QED) is 0.137. The predicted molar refractivity (Wildman–Crippen MR) is 230 cm³/mol. The number of fused-ring (bicyclic) bond motifs is 2. The van der Waals surface area contributed by atoms with Crippen LogP contribution in [0.4, 0.5) is 4.79 Å². The van der Waals surface area contributed by atoms with Gasteiger partial charge in [0.2, 0.25) is 11.8 Å². The Morgan fingerprint density at radius 2 is 1.31 bits per heavy atom. The average molecular weight is 798 g/mol. The van der Waals surface area contributed by atoms with Crippen LogP contribution in [0.3, 0.4) is 0 Å². The van der Waals surface area contributed by atoms with Crippen LogP contribution < -0.4 is 5.32 Å². The molecule has 3 N–H and O–H groups in total. The molecule has 2 aliphatic carbocycles. The van der Waals surface area contributed by atoms with E-state index in [-0.39, 0.29) is 47.1 Å². The number of nitrogens with one attached hydrogen (secondary N) is 3. The fraction of sp³-hybridized carbons (Fsp3) is 0.479. The average Bonchev–Trinajstić information content (AvgIpc) is 4.09. The third-order valence-electron chi connectivity index (χ3n) is 13.5. The van der Waals surface area contributed by atoms with Crippen molar-refractivity contribution >= 4 is 17.9 Å². The summed E-state index contributed by atoms with van der Waals surface area (Å²) in [5.41, 5.74) is 11.9. The minimum Gasteiger partial charge on any atom is -0.453 e. The summed E-state index contributed by atoms with van der Waals surface area (Å²) in [6, 6.07) is 12.1. The number of benzene rings is 2. The number of hydrogen-bond donors (Lipinski definition) is 3. The minimum atomic E-state index is -0.719. The third kappa shape index (κ3) is 7.42. The van der Waals surface area contributed by atoms with E-state index in [0.29, 0.717) is 18.9 Å². The van der Waals surface area contributed by atoms with Crippen LogP contribution in [0, 0.1) is 17.8 Å². The summed E-state index contributed by atoms with van der Waals surface area (Å²) < 4.78 is 4.83. The Balaban J connectivity index is 1.07. The second kappa shape index (κ2) is 16.0. The topological polar surface area (TPSA) is 136 Å². The number of aromatic nitrogens is 4. The molecule has 4 heterocycles. The van der Waals surface area contributed by atoms with Gasteiger partial charge in [0.25, 0.3) is 0 Å². The number of hydrogen-bond acceptors (Lipinski definition) is 6. The van der Waals surface area contributed by atoms with Gasteiger partial charge in [-0.05, 0) is 84.6 Å². The smallest absolute Gasteiger partial charge is 0.407 e. The molecule has 1 saturated carbocycles. The van der Waals surface area contributed by atoms with Crippen LogP contribution in [0.2, 0.25) is 0 Å². The lowest BCUT2D eigenvalue weighted by molar-refractivity contribution is -0.137. The molecule has 0 saturated heterocycles. The van der Waals surface area contributed by atoms with Crippen molar-refractivity contribution < 1.29 is 19.1 Å². The summed E-state index contributed by atoms with van der Waals surface area (Å²) in [5.74, 6) is 1.59. The fourth-order valence-electron chi connectivity index (χ4n) is 10.0. The highest BCUT2D eigenvalue weighted by molar-refractivity contribution is 5.87. The zero-order valence-electron chi connectivity index (χ0n) is 35.8. The van der Waals surface area contributed by atoms with Crippen molar-refractivity contribution in [2.24, 2.45) is 17.8 Å². The van der Waals surface area contributed by atoms with Crippen molar-refractivity contribution in [3.63, 3.8) is 0 Å². The van der Waals surface area contributed by atoms with Crippen molar-refractivity contribution in [2.45, 2.75) is 111 Å². The predicted octanol–water partition coefficient (Wildman–Crippen LogP) is 9.22. The highest BCUT2D eigenvalue weighted by Gasteiger charge is 2.44. The number of carbonyl (C=O) groups excluding carboxylic acids is 3. The second-order valence-electron chi connectivity index (χ2n) is 18.2. The first-order chi connectivity index (χ1) is 28.3. The van der Waals surface area contributed by atoms with E-state index in [1.165, 1.54) is 66.2 Å². The molecule has 2 aromatic carbocycles. The summed E-state index contributed by atoms with van der Waals surface area (Å²) in [6.07, 6.45) is 14.5. The van der Waals surface area contributed by atoms with Crippen LogP contribution in [0.15, 0.2) is 72.1 Å². The van der Waals surface area contributed by atoms with Crippen molar-refractivity contribution in [3.8, 4) is 33.6 Å². The summed E-state index contributed by atoms with van der Waals surface area (Å²) in [6.45, 7) is 15.3. The number of rotatable bonds is 10. The molecule has 11 nitrogen and oxygen atoms in total. The number of ether oxygens (including phenoxy) is 1. The highest BCUT2D eigenvalue weighted by atomic mass is 16.5. The molecule has 0 unspecified atom stereocenters. The van der Waals surface area contributed by atoms with Gasteiger partial charge in [0.05, 0.1) is 30.9 Å². The number of aromatic amines is 2. The van der Waals surface area contributed by atoms with Crippen molar-refractivity contribution in [3.05, 3.63) is 94.9 Å². The first kappa shape index (κ1) is 40.3. The van der Waals surface area contributed by atoms with Crippen LogP contribution >= 0.6 is 0 Å². The van der Waals surface area contributed by atoms with Gasteiger partial charge in [-0.15, -0.1) is 0 Å². The number of nitrogens with zero attached hydrogens (tertiary/aromatic N) is 4. The SMILES string of the molecule is COC(=O)N[C@H](C(=O)N1CC(C)=C[C@H]1c1ncc(-c2ccc(-c3ccc(-c4cnc([C@@H]5C=C(C)CN5C(=O)[C@@H](C)C(C)C)[nH]4)cc3)c3c2CCC32CCCC2)[nH]1)C(C)C. The zero-order chi connectivity index (χ0) is 41.7. The van der Waals surface area contributed by atoms with Gasteiger partial charge in [-0.1, -0.05) is 107 Å². The van der Waals surface area contributed by atoms with Crippen LogP contribution in [-0.2, 0) is 26.2 Å². The van der Waals surface area contributed by atoms with Crippen molar-refractivity contribution in [1.82, 2.24) is 35.1 Å². The van der Waals surface area contributed by atoms with Crippen LogP contribution in [0.1, 0.15) is 115 Å². The maximum Gasteiger partial charge on any atom is 0.407 e. The number of carbonyl (C=O) groups is 3. The van der Waals surface area contributed by atoms with Gasteiger partial charge in [-0.3, -0.25) is 9.59 Å². The van der Waals surface area contributed by atoms with Gasteiger partial charge in [0.15, 0.2) is 0 Å². The molecular weight excluding hydrogens is 739 g/mol. The summed E-state index contributed by atoms with van der Waals surface area (Å²) in [5, 5.41) is 2.74. The molecule has 3 amide bonds. The number of amides is 3. The fourth-order valence-corrected chi connectivity index (χ4v) is 10.0. The van der Waals surface area contributed by atoms with E-state index in [9.17, 15) is 14.4 Å². The van der Waals surface area contributed by atoms with Crippen LogP contribution in [-0.4, -0.2) is 73.9 Å². The van der Waals surface area contributed by atoms with Gasteiger partial charge < -0.3 is 29.8 Å². The van der Waals surface area contributed by atoms with Gasteiger partial charge in [0.1, 0.15) is 29.8 Å². The Bertz CT molecular complexity index is 2310. The number of methoxy groups -OCH3 is 1. The molecule has 11 heteroatoms. The molecule has 0 bridgehead atoms. The molecule has 4 aliphatic rings. The van der Waals surface area contributed by atoms with E-state index < -0.39 is 12.1 Å². The molecule has 59 heavy (non-hydrogen) atoms. The lowest BCUT2D eigenvalue weighted by atomic mass is 9.76. The lowest BCUT2D eigenvalue weighted by Gasteiger charge is -2.30. The van der Waals surface area contributed by atoms with Gasteiger partial charge in [-0.25, -0.2) is 14.8 Å². The van der Waals surface area contributed by atoms with E-state index in [0.717, 1.165) is 41.2 Å². The molecule has 4 aromatic rings. The van der Waals surface area contributed by atoms with Crippen molar-refractivity contribution in [1.29, 1.82) is 0 Å². The maximum absolute atomic E-state index is 13.9. The second-order valence-corrected chi connectivity index (χ2v) is 18.2. The summed E-state index contributed by atoms with van der Waals surface area (Å²) in [4.78, 5) is 60.1. The largest absolute Gasteiger partial charge is 0.453 e. The minimum absolute atomic E-state index is 0.0571. The van der Waals surface area contributed by atoms with E-state index in [1.807, 2.05) is 45.0 Å². The van der Waals surface area contributed by atoms with E-state index in [2.05, 4.69) is 84.6 Å². The molecule has 8 rings (SSSR count). The Hall–Kier alpha value is -5.45. The molecular formula is C48H59N7O4. The molecule has 0 radical (unpaired) electrons. The first-order valence-electron chi connectivity index (χ1n) is 21.5. The van der Waals surface area contributed by atoms with Gasteiger partial charge >= 0.3 is 6.09 Å². The number of imidazole rings is 2. The van der Waals surface area contributed by atoms with E-state index in [1.54, 1.807) is 4.90 Å².